The predicted molar refractivity (Wildman–Crippen MR) is 315 cm³/mol. The Balaban J connectivity index is 4.38. The molecule has 6 nitrogen and oxygen atoms in total. The van der Waals surface area contributed by atoms with Crippen molar-refractivity contribution in [3.05, 3.63) is 158 Å². The summed E-state index contributed by atoms with van der Waals surface area (Å²) in [5, 5.41) is 0. The Morgan fingerprint density at radius 1 is 0.288 bits per heavy atom. The maximum atomic E-state index is 12.8. The van der Waals surface area contributed by atoms with Gasteiger partial charge in [-0.15, -0.1) is 0 Å². The van der Waals surface area contributed by atoms with Crippen LogP contribution in [0, 0.1) is 0 Å². The van der Waals surface area contributed by atoms with Crippen LogP contribution in [0.3, 0.4) is 0 Å². The first-order valence-corrected chi connectivity index (χ1v) is 29.0. The fraction of sp³-hybridized carbons (Fsp3) is 0.567. The lowest BCUT2D eigenvalue weighted by molar-refractivity contribution is -0.166. The lowest BCUT2D eigenvalue weighted by Crippen LogP contribution is -2.30. The topological polar surface area (TPSA) is 78.9 Å². The largest absolute Gasteiger partial charge is 0.462 e. The zero-order valence-electron chi connectivity index (χ0n) is 46.6. The average molecular weight is 1010 g/mol. The van der Waals surface area contributed by atoms with Gasteiger partial charge in [-0.05, 0) is 128 Å². The van der Waals surface area contributed by atoms with Crippen molar-refractivity contribution in [1.29, 1.82) is 0 Å². The van der Waals surface area contributed by atoms with Gasteiger partial charge < -0.3 is 14.2 Å². The lowest BCUT2D eigenvalue weighted by Gasteiger charge is -2.18. The van der Waals surface area contributed by atoms with Gasteiger partial charge in [0.05, 0.1) is 0 Å². The van der Waals surface area contributed by atoms with Gasteiger partial charge in [0.2, 0.25) is 0 Å². The van der Waals surface area contributed by atoms with E-state index < -0.39 is 12.1 Å². The molecule has 0 aromatic heterocycles. The summed E-state index contributed by atoms with van der Waals surface area (Å²) in [6.07, 6.45) is 86.8. The highest BCUT2D eigenvalue weighted by Crippen LogP contribution is 2.13. The summed E-state index contributed by atoms with van der Waals surface area (Å²) >= 11 is 0. The summed E-state index contributed by atoms with van der Waals surface area (Å²) in [5.74, 6) is -1.04. The fourth-order valence-electron chi connectivity index (χ4n) is 7.24. The molecule has 0 saturated carbocycles. The molecule has 6 heteroatoms. The van der Waals surface area contributed by atoms with E-state index in [2.05, 4.69) is 167 Å². The summed E-state index contributed by atoms with van der Waals surface area (Å²) in [6.45, 7) is 6.24. The van der Waals surface area contributed by atoms with Crippen molar-refractivity contribution in [3.8, 4) is 0 Å². The van der Waals surface area contributed by atoms with E-state index in [1.165, 1.54) is 25.7 Å². The van der Waals surface area contributed by atoms with Gasteiger partial charge >= 0.3 is 17.9 Å². The Labute approximate surface area is 448 Å². The highest BCUT2D eigenvalue weighted by molar-refractivity contribution is 5.71. The van der Waals surface area contributed by atoms with Crippen molar-refractivity contribution in [2.75, 3.05) is 13.2 Å². The van der Waals surface area contributed by atoms with E-state index >= 15 is 0 Å². The number of hydrogen-bond donors (Lipinski definition) is 0. The van der Waals surface area contributed by atoms with E-state index in [0.29, 0.717) is 19.3 Å². The van der Waals surface area contributed by atoms with Crippen molar-refractivity contribution in [3.63, 3.8) is 0 Å². The molecule has 0 spiro atoms. The molecule has 0 aromatic carbocycles. The van der Waals surface area contributed by atoms with Crippen LogP contribution in [0.25, 0.3) is 0 Å². The Morgan fingerprint density at radius 3 is 0.890 bits per heavy atom. The van der Waals surface area contributed by atoms with E-state index in [1.807, 2.05) is 12.2 Å². The zero-order chi connectivity index (χ0) is 52.9. The first-order valence-electron chi connectivity index (χ1n) is 29.0. The fourth-order valence-corrected chi connectivity index (χ4v) is 7.24. The molecular weight excluding hydrogens is 901 g/mol. The molecule has 0 N–H and O–H groups in total. The van der Waals surface area contributed by atoms with Gasteiger partial charge in [0, 0.05) is 19.3 Å². The van der Waals surface area contributed by atoms with E-state index in [4.69, 9.17) is 14.2 Å². The highest BCUT2D eigenvalue weighted by Gasteiger charge is 2.19. The van der Waals surface area contributed by atoms with Gasteiger partial charge in [0.15, 0.2) is 6.10 Å². The lowest BCUT2D eigenvalue weighted by atomic mass is 10.1. The number of carbonyl (C=O) groups excluding carboxylic acids is 3. The van der Waals surface area contributed by atoms with Crippen LogP contribution in [0.2, 0.25) is 0 Å². The number of allylic oxidation sites excluding steroid dienone is 26. The Bertz CT molecular complexity index is 1670. The minimum Gasteiger partial charge on any atom is -0.462 e. The van der Waals surface area contributed by atoms with Crippen LogP contribution in [-0.4, -0.2) is 37.2 Å². The summed E-state index contributed by atoms with van der Waals surface area (Å²) in [4.78, 5) is 38.1. The smallest absolute Gasteiger partial charge is 0.306 e. The Morgan fingerprint density at radius 2 is 0.562 bits per heavy atom. The van der Waals surface area contributed by atoms with Gasteiger partial charge in [-0.3, -0.25) is 14.4 Å². The van der Waals surface area contributed by atoms with Crippen LogP contribution in [0.4, 0.5) is 0 Å². The summed E-state index contributed by atoms with van der Waals surface area (Å²) in [5.41, 5.74) is 0. The predicted octanol–water partition coefficient (Wildman–Crippen LogP) is 19.8. The molecule has 0 aromatic rings. The molecule has 0 fully saturated rings. The van der Waals surface area contributed by atoms with E-state index in [0.717, 1.165) is 154 Å². The minimum atomic E-state index is -0.834. The summed E-state index contributed by atoms with van der Waals surface area (Å²) in [7, 11) is 0. The van der Waals surface area contributed by atoms with Crippen LogP contribution >= 0.6 is 0 Å². The average Bonchev–Trinajstić information content (AvgIpc) is 3.39. The van der Waals surface area contributed by atoms with Crippen molar-refractivity contribution < 1.29 is 28.6 Å². The van der Waals surface area contributed by atoms with Crippen LogP contribution in [0.1, 0.15) is 226 Å². The van der Waals surface area contributed by atoms with Crippen molar-refractivity contribution in [1.82, 2.24) is 0 Å². The van der Waals surface area contributed by atoms with E-state index in [9.17, 15) is 14.4 Å². The third-order valence-corrected chi connectivity index (χ3v) is 11.5. The molecule has 408 valence electrons. The second-order valence-electron chi connectivity index (χ2n) is 18.4. The first-order chi connectivity index (χ1) is 36.0. The second kappa shape index (κ2) is 59.6. The molecule has 0 aliphatic heterocycles. The molecule has 0 aliphatic rings. The third-order valence-electron chi connectivity index (χ3n) is 11.5. The molecule has 73 heavy (non-hydrogen) atoms. The quantitative estimate of drug-likeness (QED) is 0.0261. The molecule has 0 saturated heterocycles. The number of hydrogen-bond acceptors (Lipinski definition) is 6. The summed E-state index contributed by atoms with van der Waals surface area (Å²) in [6, 6.07) is 0. The van der Waals surface area contributed by atoms with Gasteiger partial charge in [0.1, 0.15) is 13.2 Å². The summed E-state index contributed by atoms with van der Waals surface area (Å²) < 4.78 is 16.7. The SMILES string of the molecule is CC/C=C\C/C=C\C/C=C\C/C=C\C/C=C\C/C=C\C/C=C\CCCCCCCCCC(=O)OCC(COC(=O)CCCCCCC/C=C\C/C=C\CCC)OC(=O)CC/C=C\C/C=C\C/C=C\C/C=C\CC. The van der Waals surface area contributed by atoms with Crippen molar-refractivity contribution in [2.24, 2.45) is 0 Å². The van der Waals surface area contributed by atoms with Crippen LogP contribution in [0.15, 0.2) is 158 Å². The molecule has 0 bridgehead atoms. The third kappa shape index (κ3) is 57.8. The number of unbranched alkanes of at least 4 members (excludes halogenated alkanes) is 13. The van der Waals surface area contributed by atoms with Gasteiger partial charge in [-0.25, -0.2) is 0 Å². The number of carbonyl (C=O) groups is 3. The molecular formula is C67H104O6. The van der Waals surface area contributed by atoms with Crippen LogP contribution in [-0.2, 0) is 28.6 Å². The number of esters is 3. The van der Waals surface area contributed by atoms with E-state index in [-0.39, 0.29) is 31.6 Å². The van der Waals surface area contributed by atoms with Gasteiger partial charge in [-0.1, -0.05) is 237 Å². The van der Waals surface area contributed by atoms with E-state index in [1.54, 1.807) is 0 Å². The second-order valence-corrected chi connectivity index (χ2v) is 18.4. The monoisotopic (exact) mass is 1000 g/mol. The maximum Gasteiger partial charge on any atom is 0.306 e. The first kappa shape index (κ1) is 68.0. The molecule has 0 aliphatic carbocycles. The molecule has 1 unspecified atom stereocenters. The number of rotatable bonds is 50. The van der Waals surface area contributed by atoms with Crippen molar-refractivity contribution in [2.45, 2.75) is 232 Å². The van der Waals surface area contributed by atoms with Gasteiger partial charge in [-0.2, -0.15) is 0 Å². The normalized spacial score (nSPS) is 13.3. The Hall–Kier alpha value is -4.97. The maximum absolute atomic E-state index is 12.8. The molecule has 0 rings (SSSR count). The molecule has 0 heterocycles. The Kier molecular flexibility index (Phi) is 55.5. The molecule has 0 amide bonds. The number of ether oxygens (including phenoxy) is 3. The molecule has 0 radical (unpaired) electrons. The van der Waals surface area contributed by atoms with Crippen LogP contribution < -0.4 is 0 Å². The zero-order valence-corrected chi connectivity index (χ0v) is 46.6. The van der Waals surface area contributed by atoms with Gasteiger partial charge in [0.25, 0.3) is 0 Å². The highest BCUT2D eigenvalue weighted by atomic mass is 16.6. The molecule has 1 atom stereocenters. The minimum absolute atomic E-state index is 0.124. The standard InChI is InChI=1S/C67H104O6/c1-4-7-10-13-16-19-22-25-26-27-28-29-30-31-32-33-34-35-36-37-38-39-40-43-45-48-51-54-57-60-66(69)72-63-64(73-67(70)61-58-55-52-49-46-42-24-21-18-15-12-9-6-3)62-71-65(68)59-56-53-50-47-44-41-23-20-17-14-11-8-5-2/h7,9-12,14,16,18-21,23,25-26,28-29,31-32,34-35,37-38,42,46,52,55,64H,4-6,8,13,15,17,22,24,27,30,33,36,39-41,43-45,47-51,53-54,56-63H2,1-3H3/b10-7-,12-9-,14-11-,19-16-,21-18-,23-20-,26-25-,29-28-,32-31-,35-34-,38-37-,46-42-,55-52-. The van der Waals surface area contributed by atoms with Crippen molar-refractivity contribution >= 4 is 17.9 Å². The van der Waals surface area contributed by atoms with Crippen LogP contribution in [0.5, 0.6) is 0 Å².